The van der Waals surface area contributed by atoms with Gasteiger partial charge in [-0.15, -0.1) is 0 Å². The third kappa shape index (κ3) is 4.22. The third-order valence-electron chi connectivity index (χ3n) is 3.93. The van der Waals surface area contributed by atoms with Gasteiger partial charge in [0.25, 0.3) is 5.91 Å². The molecule has 0 saturated heterocycles. The number of amides is 1. The van der Waals surface area contributed by atoms with Crippen molar-refractivity contribution in [2.24, 2.45) is 10.8 Å². The normalized spacial score (nSPS) is 12.4. The van der Waals surface area contributed by atoms with E-state index in [0.717, 1.165) is 21.9 Å². The maximum atomic E-state index is 12.1. The van der Waals surface area contributed by atoms with Crippen LogP contribution in [0.3, 0.4) is 0 Å². The second kappa shape index (κ2) is 7.59. The van der Waals surface area contributed by atoms with Crippen LogP contribution in [0.1, 0.15) is 11.1 Å². The van der Waals surface area contributed by atoms with Crippen LogP contribution in [0.2, 0.25) is 0 Å². The molecular weight excluding hydrogens is 314 g/mol. The van der Waals surface area contributed by atoms with Gasteiger partial charge in [0.15, 0.2) is 0 Å². The zero-order chi connectivity index (χ0) is 17.6. The first kappa shape index (κ1) is 16.7. The van der Waals surface area contributed by atoms with E-state index in [1.54, 1.807) is 30.5 Å². The van der Waals surface area contributed by atoms with Gasteiger partial charge in [0.1, 0.15) is 5.75 Å². The van der Waals surface area contributed by atoms with E-state index in [1.807, 2.05) is 42.5 Å². The van der Waals surface area contributed by atoms with Crippen molar-refractivity contribution in [2.75, 3.05) is 0 Å². The molecule has 0 radical (unpaired) electrons. The molecule has 0 heterocycles. The summed E-state index contributed by atoms with van der Waals surface area (Å²) in [7, 11) is 0. The molecule has 3 rings (SSSR count). The Bertz CT molecular complexity index is 899. The van der Waals surface area contributed by atoms with Crippen LogP contribution >= 0.6 is 0 Å². The maximum Gasteiger partial charge on any atom is 0.257 e. The summed E-state index contributed by atoms with van der Waals surface area (Å²) in [5.74, 6) is -0.175. The van der Waals surface area contributed by atoms with Crippen LogP contribution in [0.5, 0.6) is 5.75 Å². The number of hydrogen-bond acceptors (Lipinski definition) is 4. The Morgan fingerprint density at radius 3 is 2.60 bits per heavy atom. The van der Waals surface area contributed by atoms with Crippen molar-refractivity contribution in [2.45, 2.75) is 12.5 Å². The van der Waals surface area contributed by atoms with Crippen molar-refractivity contribution >= 4 is 22.9 Å². The second-order valence-electron chi connectivity index (χ2n) is 5.78. The standard InChI is InChI=1S/C20H19N3O2/c21-19(12-14-8-10-17(24)11-9-14)20(25)23-22-13-16-6-3-5-15-4-1-2-7-18(15)16/h1-11,13,19,24H,12,21H2,(H,23,25)/b22-13-/t19-/m0/s1. The van der Waals surface area contributed by atoms with E-state index in [-0.39, 0.29) is 11.7 Å². The molecule has 5 nitrogen and oxygen atoms in total. The highest BCUT2D eigenvalue weighted by Crippen LogP contribution is 2.16. The van der Waals surface area contributed by atoms with E-state index in [0.29, 0.717) is 6.42 Å². The van der Waals surface area contributed by atoms with Gasteiger partial charge in [-0.1, -0.05) is 54.6 Å². The summed E-state index contributed by atoms with van der Waals surface area (Å²) in [5, 5.41) is 15.5. The van der Waals surface area contributed by atoms with Crippen molar-refractivity contribution in [1.82, 2.24) is 5.43 Å². The van der Waals surface area contributed by atoms with Crippen LogP contribution in [0.4, 0.5) is 0 Å². The van der Waals surface area contributed by atoms with Crippen LogP contribution in [0.15, 0.2) is 71.8 Å². The molecule has 0 unspecified atom stereocenters. The fraction of sp³-hybridized carbons (Fsp3) is 0.100. The Morgan fingerprint density at radius 1 is 1.08 bits per heavy atom. The highest BCUT2D eigenvalue weighted by atomic mass is 16.3. The Kier molecular flexibility index (Phi) is 5.06. The van der Waals surface area contributed by atoms with E-state index in [9.17, 15) is 9.90 Å². The van der Waals surface area contributed by atoms with Crippen LogP contribution in [0, 0.1) is 0 Å². The first-order valence-corrected chi connectivity index (χ1v) is 7.97. The maximum absolute atomic E-state index is 12.1. The van der Waals surface area contributed by atoms with Crippen LogP contribution in [-0.2, 0) is 11.2 Å². The lowest BCUT2D eigenvalue weighted by atomic mass is 10.1. The molecule has 0 aliphatic carbocycles. The number of rotatable bonds is 5. The van der Waals surface area contributed by atoms with Gasteiger partial charge in [0, 0.05) is 5.56 Å². The second-order valence-corrected chi connectivity index (χ2v) is 5.78. The molecule has 25 heavy (non-hydrogen) atoms. The number of phenolic OH excluding ortho intramolecular Hbond substituents is 1. The lowest BCUT2D eigenvalue weighted by molar-refractivity contribution is -0.122. The Balaban J connectivity index is 1.62. The average Bonchev–Trinajstić information content (AvgIpc) is 2.63. The third-order valence-corrected chi connectivity index (χ3v) is 3.93. The summed E-state index contributed by atoms with van der Waals surface area (Å²) >= 11 is 0. The molecule has 5 heteroatoms. The summed E-state index contributed by atoms with van der Waals surface area (Å²) < 4.78 is 0. The summed E-state index contributed by atoms with van der Waals surface area (Å²) in [6.45, 7) is 0. The zero-order valence-electron chi connectivity index (χ0n) is 13.6. The number of phenols is 1. The van der Waals surface area contributed by atoms with Gasteiger partial charge in [-0.05, 0) is 34.9 Å². The fourth-order valence-electron chi connectivity index (χ4n) is 2.59. The van der Waals surface area contributed by atoms with Gasteiger partial charge in [-0.25, -0.2) is 5.43 Å². The van der Waals surface area contributed by atoms with Gasteiger partial charge < -0.3 is 10.8 Å². The SMILES string of the molecule is N[C@@H](Cc1ccc(O)cc1)C(=O)N/N=C\c1cccc2ccccc12. The van der Waals surface area contributed by atoms with Gasteiger partial charge in [-0.2, -0.15) is 5.10 Å². The van der Waals surface area contributed by atoms with Crippen LogP contribution in [-0.4, -0.2) is 23.3 Å². The Morgan fingerprint density at radius 2 is 1.80 bits per heavy atom. The number of nitrogens with one attached hydrogen (secondary N) is 1. The van der Waals surface area contributed by atoms with Gasteiger partial charge in [0.2, 0.25) is 0 Å². The molecule has 0 aliphatic rings. The van der Waals surface area contributed by atoms with E-state index >= 15 is 0 Å². The molecule has 126 valence electrons. The molecule has 1 amide bonds. The first-order chi connectivity index (χ1) is 12.1. The number of aromatic hydroxyl groups is 1. The molecule has 0 spiro atoms. The van der Waals surface area contributed by atoms with E-state index < -0.39 is 6.04 Å². The van der Waals surface area contributed by atoms with Crippen molar-refractivity contribution in [1.29, 1.82) is 0 Å². The number of hydrazone groups is 1. The molecule has 0 bridgehead atoms. The molecule has 0 saturated carbocycles. The molecule has 0 aliphatic heterocycles. The number of hydrogen-bond donors (Lipinski definition) is 3. The monoisotopic (exact) mass is 333 g/mol. The van der Waals surface area contributed by atoms with Crippen molar-refractivity contribution in [3.05, 3.63) is 77.9 Å². The van der Waals surface area contributed by atoms with Gasteiger partial charge >= 0.3 is 0 Å². The van der Waals surface area contributed by atoms with Crippen molar-refractivity contribution in [3.63, 3.8) is 0 Å². The average molecular weight is 333 g/mol. The topological polar surface area (TPSA) is 87.7 Å². The molecule has 3 aromatic carbocycles. The minimum absolute atomic E-state index is 0.182. The number of carbonyl (C=O) groups excluding carboxylic acids is 1. The predicted octanol–water partition coefficient (Wildman–Crippen LogP) is 2.57. The number of carbonyl (C=O) groups is 1. The molecule has 1 atom stereocenters. The zero-order valence-corrected chi connectivity index (χ0v) is 13.6. The fourth-order valence-corrected chi connectivity index (χ4v) is 2.59. The Hall–Kier alpha value is -3.18. The molecule has 0 aromatic heterocycles. The van der Waals surface area contributed by atoms with Crippen LogP contribution in [0.25, 0.3) is 10.8 Å². The van der Waals surface area contributed by atoms with Gasteiger partial charge in [-0.3, -0.25) is 4.79 Å². The molecule has 0 fully saturated rings. The first-order valence-electron chi connectivity index (χ1n) is 7.97. The molecule has 3 aromatic rings. The van der Waals surface area contributed by atoms with E-state index in [2.05, 4.69) is 10.5 Å². The number of nitrogens with two attached hydrogens (primary N) is 1. The van der Waals surface area contributed by atoms with Crippen LogP contribution < -0.4 is 11.2 Å². The Labute approximate surface area is 145 Å². The number of nitrogens with zero attached hydrogens (tertiary/aromatic N) is 1. The highest BCUT2D eigenvalue weighted by Gasteiger charge is 2.13. The largest absolute Gasteiger partial charge is 0.508 e. The predicted molar refractivity (Wildman–Crippen MR) is 99.5 cm³/mol. The lowest BCUT2D eigenvalue weighted by Gasteiger charge is -2.10. The minimum Gasteiger partial charge on any atom is -0.508 e. The lowest BCUT2D eigenvalue weighted by Crippen LogP contribution is -2.39. The van der Waals surface area contributed by atoms with Gasteiger partial charge in [0.05, 0.1) is 12.3 Å². The van der Waals surface area contributed by atoms with Crippen molar-refractivity contribution in [3.8, 4) is 5.75 Å². The minimum atomic E-state index is -0.714. The van der Waals surface area contributed by atoms with Crippen molar-refractivity contribution < 1.29 is 9.90 Å². The summed E-state index contributed by atoms with van der Waals surface area (Å²) in [4.78, 5) is 12.1. The summed E-state index contributed by atoms with van der Waals surface area (Å²) in [6.07, 6.45) is 1.99. The number of fused-ring (bicyclic) bond motifs is 1. The summed E-state index contributed by atoms with van der Waals surface area (Å²) in [6, 6.07) is 19.8. The highest BCUT2D eigenvalue weighted by molar-refractivity contribution is 6.00. The van der Waals surface area contributed by atoms with E-state index in [1.165, 1.54) is 0 Å². The molecule has 4 N–H and O–H groups in total. The smallest absolute Gasteiger partial charge is 0.257 e. The molecular formula is C20H19N3O2. The summed E-state index contributed by atoms with van der Waals surface area (Å²) in [5.41, 5.74) is 10.2. The van der Waals surface area contributed by atoms with E-state index in [4.69, 9.17) is 5.73 Å². The number of benzene rings is 3. The quantitative estimate of drug-likeness (QED) is 0.495.